The van der Waals surface area contributed by atoms with Crippen molar-refractivity contribution in [2.24, 2.45) is 0 Å². The second-order valence-corrected chi connectivity index (χ2v) is 9.67. The fourth-order valence-corrected chi connectivity index (χ4v) is 5.37. The van der Waals surface area contributed by atoms with E-state index >= 15 is 0 Å². The summed E-state index contributed by atoms with van der Waals surface area (Å²) in [5.74, 6) is 0.0333. The molecule has 3 atom stereocenters. The maximum absolute atomic E-state index is 12.4. The third kappa shape index (κ3) is 4.08. The number of carbonyl (C=O) groups excluding carboxylic acids is 1. The van der Waals surface area contributed by atoms with Crippen LogP contribution in [0.4, 0.5) is 10.5 Å². The molecule has 25 heavy (non-hydrogen) atoms. The molecule has 1 aromatic rings. The number of rotatable bonds is 2. The molecule has 0 radical (unpaired) electrons. The minimum absolute atomic E-state index is 0.0333. The lowest BCUT2D eigenvalue weighted by atomic mass is 10.0. The molecule has 0 bridgehead atoms. The minimum atomic E-state index is -3.10. The number of nitrogens with zero attached hydrogens (tertiary/aromatic N) is 1. The van der Waals surface area contributed by atoms with Gasteiger partial charge in [0.15, 0.2) is 9.84 Å². The molecule has 3 unspecified atom stereocenters. The molecule has 2 heterocycles. The number of benzene rings is 1. The number of nitrogens with one attached hydrogen (secondary N) is 2. The van der Waals surface area contributed by atoms with Crippen molar-refractivity contribution < 1.29 is 13.2 Å². The first-order valence-corrected chi connectivity index (χ1v) is 10.7. The summed E-state index contributed by atoms with van der Waals surface area (Å²) in [6.45, 7) is 2.69. The van der Waals surface area contributed by atoms with Crippen molar-refractivity contribution in [3.63, 3.8) is 0 Å². The average molecular weight is 365 g/mol. The zero-order valence-corrected chi connectivity index (χ0v) is 15.7. The van der Waals surface area contributed by atoms with E-state index in [1.807, 2.05) is 12.1 Å². The monoisotopic (exact) mass is 365 g/mol. The van der Waals surface area contributed by atoms with Gasteiger partial charge in [-0.15, -0.1) is 0 Å². The Kier molecular flexibility index (Phi) is 5.22. The summed E-state index contributed by atoms with van der Waals surface area (Å²) in [6, 6.07) is 7.48. The van der Waals surface area contributed by atoms with E-state index in [1.54, 1.807) is 6.92 Å². The van der Waals surface area contributed by atoms with E-state index in [2.05, 4.69) is 34.7 Å². The SMILES string of the molecule is CC1CCC(NC(=O)NC2CCCN(C)c3ccccc32)CS1(=O)=O. The molecule has 0 saturated carbocycles. The number of para-hydroxylation sites is 1. The van der Waals surface area contributed by atoms with Gasteiger partial charge in [-0.3, -0.25) is 0 Å². The molecule has 0 aliphatic carbocycles. The summed E-state index contributed by atoms with van der Waals surface area (Å²) in [4.78, 5) is 14.7. The molecule has 138 valence electrons. The number of urea groups is 1. The lowest BCUT2D eigenvalue weighted by Crippen LogP contribution is -2.49. The molecule has 6 nitrogen and oxygen atoms in total. The third-order valence-electron chi connectivity index (χ3n) is 5.32. The third-order valence-corrected chi connectivity index (χ3v) is 7.65. The van der Waals surface area contributed by atoms with Crippen LogP contribution in [-0.4, -0.2) is 45.1 Å². The lowest BCUT2D eigenvalue weighted by molar-refractivity contribution is 0.232. The normalized spacial score (nSPS) is 28.6. The second kappa shape index (κ2) is 7.23. The Balaban J connectivity index is 1.66. The van der Waals surface area contributed by atoms with Gasteiger partial charge in [-0.25, -0.2) is 13.2 Å². The molecule has 2 N–H and O–H groups in total. The molecule has 2 aliphatic rings. The van der Waals surface area contributed by atoms with Gasteiger partial charge in [-0.1, -0.05) is 18.2 Å². The highest BCUT2D eigenvalue weighted by Gasteiger charge is 2.32. The first kappa shape index (κ1) is 18.0. The van der Waals surface area contributed by atoms with E-state index in [1.165, 1.54) is 0 Å². The highest BCUT2D eigenvalue weighted by atomic mass is 32.2. The van der Waals surface area contributed by atoms with Crippen molar-refractivity contribution in [1.82, 2.24) is 10.6 Å². The van der Waals surface area contributed by atoms with E-state index in [0.717, 1.165) is 30.6 Å². The number of carbonyl (C=O) groups is 1. The van der Waals surface area contributed by atoms with Gasteiger partial charge in [0, 0.05) is 25.3 Å². The quantitative estimate of drug-likeness (QED) is 0.842. The number of hydrogen-bond acceptors (Lipinski definition) is 4. The highest BCUT2D eigenvalue weighted by Crippen LogP contribution is 2.31. The van der Waals surface area contributed by atoms with Gasteiger partial charge >= 0.3 is 6.03 Å². The van der Waals surface area contributed by atoms with E-state index in [0.29, 0.717) is 12.8 Å². The van der Waals surface area contributed by atoms with Crippen LogP contribution in [0, 0.1) is 0 Å². The van der Waals surface area contributed by atoms with Crippen LogP contribution in [-0.2, 0) is 9.84 Å². The summed E-state index contributed by atoms with van der Waals surface area (Å²) in [7, 11) is -1.04. The average Bonchev–Trinajstić information content (AvgIpc) is 2.71. The molecule has 0 aromatic heterocycles. The van der Waals surface area contributed by atoms with E-state index in [-0.39, 0.29) is 29.1 Å². The smallest absolute Gasteiger partial charge is 0.315 e. The largest absolute Gasteiger partial charge is 0.374 e. The number of amides is 2. The van der Waals surface area contributed by atoms with Crippen LogP contribution in [0.15, 0.2) is 24.3 Å². The summed E-state index contributed by atoms with van der Waals surface area (Å²) >= 11 is 0. The maximum Gasteiger partial charge on any atom is 0.315 e. The topological polar surface area (TPSA) is 78.5 Å². The van der Waals surface area contributed by atoms with Crippen molar-refractivity contribution in [3.05, 3.63) is 29.8 Å². The Morgan fingerprint density at radius 3 is 2.68 bits per heavy atom. The lowest BCUT2D eigenvalue weighted by Gasteiger charge is -2.28. The zero-order chi connectivity index (χ0) is 18.0. The van der Waals surface area contributed by atoms with Crippen molar-refractivity contribution in [3.8, 4) is 0 Å². The molecule has 2 aliphatic heterocycles. The number of fused-ring (bicyclic) bond motifs is 1. The molecule has 1 aromatic carbocycles. The van der Waals surface area contributed by atoms with Gasteiger partial charge in [-0.05, 0) is 44.2 Å². The Morgan fingerprint density at radius 2 is 1.92 bits per heavy atom. The van der Waals surface area contributed by atoms with Crippen molar-refractivity contribution >= 4 is 21.6 Å². The van der Waals surface area contributed by atoms with Gasteiger partial charge in [0.25, 0.3) is 0 Å². The van der Waals surface area contributed by atoms with Crippen LogP contribution in [0.2, 0.25) is 0 Å². The van der Waals surface area contributed by atoms with Gasteiger partial charge in [-0.2, -0.15) is 0 Å². The Bertz CT molecular complexity index is 735. The van der Waals surface area contributed by atoms with Crippen molar-refractivity contribution in [2.75, 3.05) is 24.2 Å². The number of anilines is 1. The summed E-state index contributed by atoms with van der Waals surface area (Å²) in [5, 5.41) is 5.60. The first-order valence-electron chi connectivity index (χ1n) is 8.95. The van der Waals surface area contributed by atoms with Crippen LogP contribution >= 0.6 is 0 Å². The fraction of sp³-hybridized carbons (Fsp3) is 0.611. The van der Waals surface area contributed by atoms with Crippen molar-refractivity contribution in [1.29, 1.82) is 0 Å². The molecule has 0 spiro atoms. The Morgan fingerprint density at radius 1 is 1.16 bits per heavy atom. The standard InChI is InChI=1S/C18H27N3O3S/c1-13-9-10-14(12-25(13,23)24)19-18(22)20-16-7-5-11-21(2)17-8-4-3-6-15(16)17/h3-4,6,8,13-14,16H,5,7,9-12H2,1-2H3,(H2,19,20,22). The molecule has 1 fully saturated rings. The van der Waals surface area contributed by atoms with Crippen LogP contribution in [0.25, 0.3) is 0 Å². The summed E-state index contributed by atoms with van der Waals surface area (Å²) < 4.78 is 24.1. The molecular formula is C18H27N3O3S. The predicted molar refractivity (Wildman–Crippen MR) is 99.6 cm³/mol. The fourth-order valence-electron chi connectivity index (χ4n) is 3.73. The molecule has 1 saturated heterocycles. The molecule has 3 rings (SSSR count). The van der Waals surface area contributed by atoms with Crippen LogP contribution < -0.4 is 15.5 Å². The number of sulfone groups is 1. The van der Waals surface area contributed by atoms with Crippen LogP contribution in [0.5, 0.6) is 0 Å². The molecule has 2 amide bonds. The molecular weight excluding hydrogens is 338 g/mol. The second-order valence-electron chi connectivity index (χ2n) is 7.21. The predicted octanol–water partition coefficient (Wildman–Crippen LogP) is 2.22. The van der Waals surface area contributed by atoms with Gasteiger partial charge in [0.1, 0.15) is 0 Å². The van der Waals surface area contributed by atoms with E-state index < -0.39 is 9.84 Å². The van der Waals surface area contributed by atoms with Crippen molar-refractivity contribution in [2.45, 2.75) is 49.9 Å². The van der Waals surface area contributed by atoms with Gasteiger partial charge in [0.2, 0.25) is 0 Å². The van der Waals surface area contributed by atoms with E-state index in [9.17, 15) is 13.2 Å². The van der Waals surface area contributed by atoms with Gasteiger partial charge < -0.3 is 15.5 Å². The number of hydrogen-bond donors (Lipinski definition) is 2. The zero-order valence-electron chi connectivity index (χ0n) is 14.9. The van der Waals surface area contributed by atoms with E-state index in [4.69, 9.17) is 0 Å². The first-order chi connectivity index (χ1) is 11.9. The minimum Gasteiger partial charge on any atom is -0.374 e. The van der Waals surface area contributed by atoms with Crippen LogP contribution in [0.1, 0.15) is 44.2 Å². The summed E-state index contributed by atoms with van der Waals surface area (Å²) in [5.41, 5.74) is 2.25. The van der Waals surface area contributed by atoms with Gasteiger partial charge in [0.05, 0.1) is 17.0 Å². The Labute approximate surface area is 149 Å². The molecule has 7 heteroatoms. The highest BCUT2D eigenvalue weighted by molar-refractivity contribution is 7.92. The Hall–Kier alpha value is -1.76. The maximum atomic E-state index is 12.4. The van der Waals surface area contributed by atoms with Crippen LogP contribution in [0.3, 0.4) is 0 Å². The summed E-state index contributed by atoms with van der Waals surface area (Å²) in [6.07, 6.45) is 3.17.